The van der Waals surface area contributed by atoms with Crippen LogP contribution in [0.15, 0.2) is 50.7 Å². The van der Waals surface area contributed by atoms with E-state index in [0.29, 0.717) is 40.4 Å². The van der Waals surface area contributed by atoms with Gasteiger partial charge in [-0.3, -0.25) is 4.79 Å². The van der Waals surface area contributed by atoms with Gasteiger partial charge in [0.1, 0.15) is 17.3 Å². The van der Waals surface area contributed by atoms with Crippen LogP contribution >= 0.6 is 11.8 Å². The van der Waals surface area contributed by atoms with Crippen molar-refractivity contribution in [3.05, 3.63) is 52.9 Å². The number of furan rings is 1. The average Bonchev–Trinajstić information content (AvgIpc) is 3.24. The molecular weight excluding hydrogens is 343 g/mol. The van der Waals surface area contributed by atoms with Crippen LogP contribution in [0.4, 0.5) is 4.39 Å². The second-order valence-electron chi connectivity index (χ2n) is 5.62. The maximum atomic E-state index is 13.3. The molecule has 7 heteroatoms. The molecule has 0 aliphatic carbocycles. The molecule has 2 aliphatic heterocycles. The molecule has 0 atom stereocenters. The Balaban J connectivity index is 1.51. The summed E-state index contributed by atoms with van der Waals surface area (Å²) in [6, 6.07) is 9.71. The van der Waals surface area contributed by atoms with Crippen LogP contribution in [-0.4, -0.2) is 42.3 Å². The van der Waals surface area contributed by atoms with E-state index in [1.807, 2.05) is 4.90 Å². The minimum Gasteiger partial charge on any atom is -0.457 e. The number of morpholine rings is 1. The van der Waals surface area contributed by atoms with E-state index >= 15 is 0 Å². The lowest BCUT2D eigenvalue weighted by Crippen LogP contribution is -2.38. The summed E-state index contributed by atoms with van der Waals surface area (Å²) in [5.41, 5.74) is 0.653. The summed E-state index contributed by atoms with van der Waals surface area (Å²) in [5, 5.41) is 0.705. The molecule has 1 saturated heterocycles. The number of ether oxygens (including phenoxy) is 1. The van der Waals surface area contributed by atoms with Crippen molar-refractivity contribution in [2.45, 2.75) is 0 Å². The number of thioether (sulfide) groups is 1. The molecule has 2 aromatic rings. The molecule has 1 amide bonds. The van der Waals surface area contributed by atoms with Gasteiger partial charge in [0.05, 0.1) is 18.1 Å². The smallest absolute Gasteiger partial charge is 0.286 e. The summed E-state index contributed by atoms with van der Waals surface area (Å²) in [7, 11) is 0. The zero-order valence-electron chi connectivity index (χ0n) is 13.3. The number of carbonyl (C=O) groups excluding carboxylic acids is 1. The fraction of sp³-hybridized carbons (Fsp3) is 0.222. The minimum absolute atomic E-state index is 0.268. The van der Waals surface area contributed by atoms with Gasteiger partial charge in [-0.05, 0) is 36.0 Å². The minimum atomic E-state index is -0.320. The van der Waals surface area contributed by atoms with Gasteiger partial charge in [-0.15, -0.1) is 0 Å². The highest BCUT2D eigenvalue weighted by atomic mass is 32.2. The van der Waals surface area contributed by atoms with E-state index in [2.05, 4.69) is 4.99 Å². The molecule has 1 fully saturated rings. The number of rotatable bonds is 2. The molecule has 4 rings (SSSR count). The van der Waals surface area contributed by atoms with Crippen LogP contribution in [0.2, 0.25) is 0 Å². The first-order valence-electron chi connectivity index (χ1n) is 7.90. The van der Waals surface area contributed by atoms with Crippen molar-refractivity contribution < 1.29 is 18.3 Å². The van der Waals surface area contributed by atoms with Gasteiger partial charge >= 0.3 is 0 Å². The number of hydrogen-bond donors (Lipinski definition) is 0. The molecule has 1 aromatic heterocycles. The number of carbonyl (C=O) groups is 1. The number of amides is 1. The van der Waals surface area contributed by atoms with Crippen LogP contribution in [0.5, 0.6) is 0 Å². The van der Waals surface area contributed by atoms with E-state index < -0.39 is 0 Å². The molecular formula is C18H15FN2O3S. The average molecular weight is 358 g/mol. The van der Waals surface area contributed by atoms with Crippen LogP contribution in [-0.2, 0) is 9.53 Å². The molecule has 5 nitrogen and oxygen atoms in total. The summed E-state index contributed by atoms with van der Waals surface area (Å²) >= 11 is 1.34. The Morgan fingerprint density at radius 1 is 1.20 bits per heavy atom. The van der Waals surface area contributed by atoms with Gasteiger partial charge in [-0.2, -0.15) is 4.99 Å². The third kappa shape index (κ3) is 3.52. The Morgan fingerprint density at radius 2 is 2.04 bits per heavy atom. The first-order valence-corrected chi connectivity index (χ1v) is 8.72. The van der Waals surface area contributed by atoms with Crippen LogP contribution in [0.25, 0.3) is 17.4 Å². The second kappa shape index (κ2) is 6.85. The standard InChI is InChI=1S/C18H15FN2O3S/c19-13-3-1-2-12(10-13)15-5-4-14(24-15)11-16-17(22)20-18(25-16)21-6-8-23-9-7-21/h1-5,10-11H,6-9H2/b16-11+. The van der Waals surface area contributed by atoms with Crippen molar-refractivity contribution in [1.29, 1.82) is 0 Å². The Morgan fingerprint density at radius 3 is 2.84 bits per heavy atom. The van der Waals surface area contributed by atoms with Gasteiger partial charge in [0, 0.05) is 24.7 Å². The first-order chi connectivity index (χ1) is 12.2. The van der Waals surface area contributed by atoms with E-state index in [0.717, 1.165) is 13.1 Å². The molecule has 0 bridgehead atoms. The number of hydrogen-bond acceptors (Lipinski definition) is 5. The van der Waals surface area contributed by atoms with E-state index in [4.69, 9.17) is 9.15 Å². The van der Waals surface area contributed by atoms with Crippen LogP contribution in [0.3, 0.4) is 0 Å². The third-order valence-corrected chi connectivity index (χ3v) is 4.94. The van der Waals surface area contributed by atoms with Crippen molar-refractivity contribution in [2.75, 3.05) is 26.3 Å². The number of nitrogens with zero attached hydrogens (tertiary/aromatic N) is 2. The van der Waals surface area contributed by atoms with Gasteiger partial charge in [0.25, 0.3) is 5.91 Å². The normalized spacial score (nSPS) is 19.6. The van der Waals surface area contributed by atoms with Crippen LogP contribution in [0, 0.1) is 5.82 Å². The van der Waals surface area contributed by atoms with Gasteiger partial charge < -0.3 is 14.1 Å². The van der Waals surface area contributed by atoms with E-state index in [-0.39, 0.29) is 11.7 Å². The highest BCUT2D eigenvalue weighted by Crippen LogP contribution is 2.32. The van der Waals surface area contributed by atoms with Crippen molar-refractivity contribution in [3.63, 3.8) is 0 Å². The molecule has 128 valence electrons. The Hall–Kier alpha value is -2.38. The maximum absolute atomic E-state index is 13.3. The fourth-order valence-electron chi connectivity index (χ4n) is 2.64. The largest absolute Gasteiger partial charge is 0.457 e. The summed E-state index contributed by atoms with van der Waals surface area (Å²) < 4.78 is 24.4. The molecule has 25 heavy (non-hydrogen) atoms. The van der Waals surface area contributed by atoms with Gasteiger partial charge in [-0.25, -0.2) is 4.39 Å². The van der Waals surface area contributed by atoms with Crippen molar-refractivity contribution in [3.8, 4) is 11.3 Å². The lowest BCUT2D eigenvalue weighted by atomic mass is 10.2. The van der Waals surface area contributed by atoms with Crippen molar-refractivity contribution >= 4 is 28.9 Å². The molecule has 0 unspecified atom stereocenters. The van der Waals surface area contributed by atoms with Gasteiger partial charge in [0.15, 0.2) is 5.17 Å². The number of benzene rings is 1. The van der Waals surface area contributed by atoms with Crippen LogP contribution in [0.1, 0.15) is 5.76 Å². The summed E-state index contributed by atoms with van der Waals surface area (Å²) in [6.07, 6.45) is 1.67. The molecule has 0 saturated carbocycles. The van der Waals surface area contributed by atoms with Gasteiger partial charge in [0.2, 0.25) is 0 Å². The third-order valence-electron chi connectivity index (χ3n) is 3.90. The van der Waals surface area contributed by atoms with Gasteiger partial charge in [-0.1, -0.05) is 12.1 Å². The topological polar surface area (TPSA) is 55.0 Å². The van der Waals surface area contributed by atoms with Crippen molar-refractivity contribution in [1.82, 2.24) is 4.90 Å². The molecule has 3 heterocycles. The second-order valence-corrected chi connectivity index (χ2v) is 6.63. The van der Waals surface area contributed by atoms with Crippen molar-refractivity contribution in [2.24, 2.45) is 4.99 Å². The monoisotopic (exact) mass is 358 g/mol. The first kappa shape index (κ1) is 16.1. The molecule has 0 N–H and O–H groups in total. The molecule has 0 radical (unpaired) electrons. The number of aliphatic imine (C=N–C) groups is 1. The Labute approximate surface area is 148 Å². The highest BCUT2D eigenvalue weighted by Gasteiger charge is 2.27. The number of halogens is 1. The summed E-state index contributed by atoms with van der Waals surface area (Å²) in [4.78, 5) is 18.8. The lowest BCUT2D eigenvalue weighted by Gasteiger charge is -2.27. The molecule has 1 aromatic carbocycles. The predicted molar refractivity (Wildman–Crippen MR) is 94.5 cm³/mol. The Bertz CT molecular complexity index is 869. The van der Waals surface area contributed by atoms with E-state index in [9.17, 15) is 9.18 Å². The fourth-order valence-corrected chi connectivity index (χ4v) is 3.59. The van der Waals surface area contributed by atoms with E-state index in [1.54, 1.807) is 30.3 Å². The Kier molecular flexibility index (Phi) is 4.42. The SMILES string of the molecule is O=C1N=C(N2CCOCC2)S/C1=C/c1ccc(-c2cccc(F)c2)o1. The zero-order chi connectivity index (χ0) is 17.2. The maximum Gasteiger partial charge on any atom is 0.286 e. The predicted octanol–water partition coefficient (Wildman–Crippen LogP) is 3.39. The highest BCUT2D eigenvalue weighted by molar-refractivity contribution is 8.18. The van der Waals surface area contributed by atoms with Crippen LogP contribution < -0.4 is 0 Å². The lowest BCUT2D eigenvalue weighted by molar-refractivity contribution is -0.113. The zero-order valence-corrected chi connectivity index (χ0v) is 14.1. The summed E-state index contributed by atoms with van der Waals surface area (Å²) in [6.45, 7) is 2.75. The molecule has 2 aliphatic rings. The quantitative estimate of drug-likeness (QED) is 0.771. The number of amidine groups is 1. The summed E-state index contributed by atoms with van der Waals surface area (Å²) in [5.74, 6) is 0.499. The van der Waals surface area contributed by atoms with E-state index in [1.165, 1.54) is 23.9 Å². The molecule has 0 spiro atoms.